The third-order valence-corrected chi connectivity index (χ3v) is 4.34. The molecule has 0 amide bonds. The zero-order valence-electron chi connectivity index (χ0n) is 10.2. The lowest BCUT2D eigenvalue weighted by Crippen LogP contribution is -2.37. The number of rotatable bonds is 3. The molecule has 2 heteroatoms. The summed E-state index contributed by atoms with van der Waals surface area (Å²) in [5, 5.41) is 18.8. The van der Waals surface area contributed by atoms with Crippen LogP contribution in [0, 0.1) is 22.7 Å². The van der Waals surface area contributed by atoms with Gasteiger partial charge in [0.15, 0.2) is 0 Å². The number of nitriles is 1. The van der Waals surface area contributed by atoms with Crippen molar-refractivity contribution >= 4 is 0 Å². The van der Waals surface area contributed by atoms with Crippen LogP contribution in [0.15, 0.2) is 0 Å². The molecule has 0 spiro atoms. The summed E-state index contributed by atoms with van der Waals surface area (Å²) in [6.07, 6.45) is 5.22. The molecule has 0 saturated heterocycles. The first kappa shape index (κ1) is 12.5. The van der Waals surface area contributed by atoms with Gasteiger partial charge in [-0.1, -0.05) is 27.2 Å². The number of hydrogen-bond acceptors (Lipinski definition) is 2. The van der Waals surface area contributed by atoms with Gasteiger partial charge in [0, 0.05) is 0 Å². The average molecular weight is 209 g/mol. The van der Waals surface area contributed by atoms with Gasteiger partial charge in [-0.2, -0.15) is 5.26 Å². The lowest BCUT2D eigenvalue weighted by molar-refractivity contribution is -0.0243. The van der Waals surface area contributed by atoms with E-state index >= 15 is 0 Å². The minimum Gasteiger partial charge on any atom is -0.389 e. The molecular formula is C13H23NO. The van der Waals surface area contributed by atoms with E-state index in [1.807, 2.05) is 0 Å². The summed E-state index contributed by atoms with van der Waals surface area (Å²) in [6, 6.07) is 2.10. The average Bonchev–Trinajstić information content (AvgIpc) is 2.18. The molecule has 1 N–H and O–H groups in total. The molecule has 0 bridgehead atoms. The van der Waals surface area contributed by atoms with E-state index in [0.29, 0.717) is 17.8 Å². The van der Waals surface area contributed by atoms with Crippen molar-refractivity contribution in [1.82, 2.24) is 0 Å². The Morgan fingerprint density at radius 1 is 1.40 bits per heavy atom. The van der Waals surface area contributed by atoms with Gasteiger partial charge < -0.3 is 5.11 Å². The molecule has 0 radical (unpaired) electrons. The third-order valence-electron chi connectivity index (χ3n) is 4.34. The Morgan fingerprint density at radius 3 is 2.33 bits per heavy atom. The highest BCUT2D eigenvalue weighted by Crippen LogP contribution is 2.44. The second-order valence-electron chi connectivity index (χ2n) is 5.68. The Hall–Kier alpha value is -0.550. The monoisotopic (exact) mass is 209 g/mol. The number of nitrogens with zero attached hydrogens (tertiary/aromatic N) is 1. The zero-order chi connectivity index (χ0) is 11.5. The maximum absolute atomic E-state index is 10.1. The smallest absolute Gasteiger partial charge is 0.0777 e. The van der Waals surface area contributed by atoms with Gasteiger partial charge in [-0.3, -0.25) is 0 Å². The van der Waals surface area contributed by atoms with E-state index in [-0.39, 0.29) is 0 Å². The minimum absolute atomic E-state index is 0.298. The minimum atomic E-state index is -0.685. The third kappa shape index (κ3) is 2.95. The van der Waals surface area contributed by atoms with Crippen LogP contribution in [0.1, 0.15) is 59.3 Å². The normalized spacial score (nSPS) is 32.3. The molecule has 0 aromatic rings. The highest BCUT2D eigenvalue weighted by molar-refractivity contribution is 4.94. The number of aliphatic hydroxyl groups is 1. The molecule has 1 aliphatic rings. The maximum atomic E-state index is 10.1. The van der Waals surface area contributed by atoms with E-state index in [1.54, 1.807) is 0 Å². The maximum Gasteiger partial charge on any atom is 0.0777 e. The Bertz CT molecular complexity index is 244. The molecular weight excluding hydrogens is 186 g/mol. The van der Waals surface area contributed by atoms with Gasteiger partial charge in [0.25, 0.3) is 0 Å². The van der Waals surface area contributed by atoms with Crippen molar-refractivity contribution in [3.8, 4) is 6.07 Å². The van der Waals surface area contributed by atoms with Gasteiger partial charge in [0.2, 0.25) is 0 Å². The molecule has 2 nitrogen and oxygen atoms in total. The van der Waals surface area contributed by atoms with Crippen molar-refractivity contribution < 1.29 is 5.11 Å². The Morgan fingerprint density at radius 2 is 1.93 bits per heavy atom. The first-order valence-electron chi connectivity index (χ1n) is 6.03. The van der Waals surface area contributed by atoms with Crippen molar-refractivity contribution in [2.24, 2.45) is 11.3 Å². The quantitative estimate of drug-likeness (QED) is 0.775. The summed E-state index contributed by atoms with van der Waals surface area (Å²) >= 11 is 0. The Labute approximate surface area is 93.3 Å². The SMILES string of the molecule is CCC(C)(C)C1CCC(O)(CC#N)CC1. The molecule has 0 aromatic carbocycles. The van der Waals surface area contributed by atoms with Crippen molar-refractivity contribution in [1.29, 1.82) is 5.26 Å². The van der Waals surface area contributed by atoms with E-state index < -0.39 is 5.60 Å². The van der Waals surface area contributed by atoms with Crippen LogP contribution in [0.2, 0.25) is 0 Å². The second kappa shape index (κ2) is 4.53. The largest absolute Gasteiger partial charge is 0.389 e. The summed E-state index contributed by atoms with van der Waals surface area (Å²) in [4.78, 5) is 0. The molecule has 86 valence electrons. The van der Waals surface area contributed by atoms with Crippen molar-refractivity contribution in [2.75, 3.05) is 0 Å². The van der Waals surface area contributed by atoms with E-state index in [2.05, 4.69) is 26.8 Å². The first-order chi connectivity index (χ1) is 6.93. The van der Waals surface area contributed by atoms with Gasteiger partial charge in [-0.25, -0.2) is 0 Å². The van der Waals surface area contributed by atoms with Gasteiger partial charge in [-0.05, 0) is 37.0 Å². The van der Waals surface area contributed by atoms with Crippen LogP contribution in [0.4, 0.5) is 0 Å². The van der Waals surface area contributed by atoms with Crippen molar-refractivity contribution in [3.63, 3.8) is 0 Å². The molecule has 0 heterocycles. The van der Waals surface area contributed by atoms with Crippen LogP contribution in [0.3, 0.4) is 0 Å². The van der Waals surface area contributed by atoms with Crippen LogP contribution in [0.25, 0.3) is 0 Å². The Balaban J connectivity index is 2.53. The van der Waals surface area contributed by atoms with E-state index in [4.69, 9.17) is 5.26 Å². The van der Waals surface area contributed by atoms with Gasteiger partial charge >= 0.3 is 0 Å². The summed E-state index contributed by atoms with van der Waals surface area (Å²) in [5.74, 6) is 0.710. The van der Waals surface area contributed by atoms with Crippen molar-refractivity contribution in [2.45, 2.75) is 64.9 Å². The van der Waals surface area contributed by atoms with Gasteiger partial charge in [0.05, 0.1) is 18.1 Å². The number of hydrogen-bond donors (Lipinski definition) is 1. The molecule has 1 aliphatic carbocycles. The van der Waals surface area contributed by atoms with E-state index in [0.717, 1.165) is 25.7 Å². The van der Waals surface area contributed by atoms with Gasteiger partial charge in [-0.15, -0.1) is 0 Å². The molecule has 0 aliphatic heterocycles. The summed E-state index contributed by atoms with van der Waals surface area (Å²) in [5.41, 5.74) is -0.303. The molecule has 1 rings (SSSR count). The fraction of sp³-hybridized carbons (Fsp3) is 0.923. The molecule has 15 heavy (non-hydrogen) atoms. The zero-order valence-corrected chi connectivity index (χ0v) is 10.2. The summed E-state index contributed by atoms with van der Waals surface area (Å²) in [6.45, 7) is 6.86. The molecule has 0 aromatic heterocycles. The fourth-order valence-electron chi connectivity index (χ4n) is 2.55. The highest BCUT2D eigenvalue weighted by Gasteiger charge is 2.38. The van der Waals surface area contributed by atoms with Crippen LogP contribution >= 0.6 is 0 Å². The molecule has 0 unspecified atom stereocenters. The summed E-state index contributed by atoms with van der Waals surface area (Å²) in [7, 11) is 0. The van der Waals surface area contributed by atoms with Gasteiger partial charge in [0.1, 0.15) is 0 Å². The molecule has 1 saturated carbocycles. The van der Waals surface area contributed by atoms with Crippen LogP contribution < -0.4 is 0 Å². The molecule has 0 atom stereocenters. The first-order valence-corrected chi connectivity index (χ1v) is 6.03. The standard InChI is InChI=1S/C13H23NO/c1-4-12(2,3)11-5-7-13(15,8-6-11)9-10-14/h11,15H,4-9H2,1-3H3. The fourth-order valence-corrected chi connectivity index (χ4v) is 2.55. The second-order valence-corrected chi connectivity index (χ2v) is 5.68. The van der Waals surface area contributed by atoms with E-state index in [1.165, 1.54) is 6.42 Å². The summed E-state index contributed by atoms with van der Waals surface area (Å²) < 4.78 is 0. The van der Waals surface area contributed by atoms with Crippen molar-refractivity contribution in [3.05, 3.63) is 0 Å². The highest BCUT2D eigenvalue weighted by atomic mass is 16.3. The van der Waals surface area contributed by atoms with E-state index in [9.17, 15) is 5.11 Å². The topological polar surface area (TPSA) is 44.0 Å². The predicted molar refractivity (Wildman–Crippen MR) is 61.2 cm³/mol. The van der Waals surface area contributed by atoms with Crippen LogP contribution in [-0.2, 0) is 0 Å². The molecule has 1 fully saturated rings. The van der Waals surface area contributed by atoms with Crippen LogP contribution in [0.5, 0.6) is 0 Å². The Kier molecular flexibility index (Phi) is 3.78. The van der Waals surface area contributed by atoms with Crippen LogP contribution in [-0.4, -0.2) is 10.7 Å². The predicted octanol–water partition coefficient (Wildman–Crippen LogP) is 3.26. The lowest BCUT2D eigenvalue weighted by atomic mass is 9.66. The lowest BCUT2D eigenvalue weighted by Gasteiger charge is -2.41.